The first-order valence-electron chi connectivity index (χ1n) is 5.84. The number of aryl methyl sites for hydroxylation is 1. The first-order valence-corrected chi connectivity index (χ1v) is 7.49. The lowest BCUT2D eigenvalue weighted by Crippen LogP contribution is -2.28. The third-order valence-electron chi connectivity index (χ3n) is 2.45. The second-order valence-corrected chi connectivity index (χ2v) is 6.00. The molecule has 1 rings (SSSR count). The van der Waals surface area contributed by atoms with E-state index >= 15 is 0 Å². The average Bonchev–Trinajstić information content (AvgIpc) is 2.34. The minimum absolute atomic E-state index is 0.0804. The van der Waals surface area contributed by atoms with E-state index < -0.39 is 10.0 Å². The summed E-state index contributed by atoms with van der Waals surface area (Å²) in [6, 6.07) is 9.50. The van der Waals surface area contributed by atoms with Crippen molar-refractivity contribution in [3.05, 3.63) is 35.9 Å². The van der Waals surface area contributed by atoms with Gasteiger partial charge in [0.1, 0.15) is 0 Å². The lowest BCUT2D eigenvalue weighted by atomic mass is 10.2. The van der Waals surface area contributed by atoms with Gasteiger partial charge < -0.3 is 5.73 Å². The van der Waals surface area contributed by atoms with Gasteiger partial charge in [0.15, 0.2) is 0 Å². The number of hydrogen-bond donors (Lipinski definition) is 3. The maximum Gasteiger partial charge on any atom is 0.211 e. The Morgan fingerprint density at radius 2 is 1.94 bits per heavy atom. The summed E-state index contributed by atoms with van der Waals surface area (Å²) in [7, 11) is -3.24. The summed E-state index contributed by atoms with van der Waals surface area (Å²) in [4.78, 5) is 0. The number of rotatable bonds is 8. The topological polar surface area (TPSA) is 96.0 Å². The van der Waals surface area contributed by atoms with Crippen molar-refractivity contribution in [2.75, 3.05) is 12.3 Å². The van der Waals surface area contributed by atoms with Crippen LogP contribution in [0, 0.1) is 5.41 Å². The molecule has 0 atom stereocenters. The molecule has 0 saturated carbocycles. The van der Waals surface area contributed by atoms with Crippen molar-refractivity contribution in [2.24, 2.45) is 5.73 Å². The van der Waals surface area contributed by atoms with Gasteiger partial charge in [-0.15, -0.1) is 0 Å². The number of amidine groups is 1. The molecule has 18 heavy (non-hydrogen) atoms. The Kier molecular flexibility index (Phi) is 5.80. The summed E-state index contributed by atoms with van der Waals surface area (Å²) >= 11 is 0. The lowest BCUT2D eigenvalue weighted by molar-refractivity contribution is 0.579. The fraction of sp³-hybridized carbons (Fsp3) is 0.417. The second-order valence-electron chi connectivity index (χ2n) is 4.08. The maximum atomic E-state index is 11.7. The maximum absolute atomic E-state index is 11.7. The van der Waals surface area contributed by atoms with Gasteiger partial charge in [-0.2, -0.15) is 0 Å². The zero-order valence-corrected chi connectivity index (χ0v) is 11.0. The molecule has 0 unspecified atom stereocenters. The largest absolute Gasteiger partial charge is 0.388 e. The molecule has 0 amide bonds. The van der Waals surface area contributed by atoms with Gasteiger partial charge in [0.05, 0.1) is 11.6 Å². The quantitative estimate of drug-likeness (QED) is 0.371. The van der Waals surface area contributed by atoms with Gasteiger partial charge >= 0.3 is 0 Å². The van der Waals surface area contributed by atoms with E-state index in [-0.39, 0.29) is 11.6 Å². The van der Waals surface area contributed by atoms with Crippen molar-refractivity contribution in [3.8, 4) is 0 Å². The van der Waals surface area contributed by atoms with Gasteiger partial charge in [-0.05, 0) is 18.4 Å². The second kappa shape index (κ2) is 7.13. The van der Waals surface area contributed by atoms with Gasteiger partial charge in [0.2, 0.25) is 10.0 Å². The average molecular weight is 269 g/mol. The van der Waals surface area contributed by atoms with E-state index in [0.717, 1.165) is 5.56 Å². The normalized spacial score (nSPS) is 11.3. The molecule has 0 bridgehead atoms. The molecule has 0 heterocycles. The molecule has 5 nitrogen and oxygen atoms in total. The van der Waals surface area contributed by atoms with E-state index in [4.69, 9.17) is 11.1 Å². The van der Waals surface area contributed by atoms with E-state index in [2.05, 4.69) is 4.72 Å². The molecule has 1 aromatic carbocycles. The molecule has 0 fully saturated rings. The standard InChI is InChI=1S/C12H19N3O2S/c13-12(14)7-4-9-15-18(16,17)10-8-11-5-2-1-3-6-11/h1-3,5-6,15H,4,7-10H2,(H3,13,14). The molecule has 6 heteroatoms. The molecular formula is C12H19N3O2S. The summed E-state index contributed by atoms with van der Waals surface area (Å²) in [5.41, 5.74) is 6.19. The third-order valence-corrected chi connectivity index (χ3v) is 3.83. The summed E-state index contributed by atoms with van der Waals surface area (Å²) in [5, 5.41) is 7.02. The fourth-order valence-corrected chi connectivity index (χ4v) is 2.58. The Morgan fingerprint density at radius 3 is 2.56 bits per heavy atom. The van der Waals surface area contributed by atoms with Crippen molar-refractivity contribution in [1.29, 1.82) is 5.41 Å². The lowest BCUT2D eigenvalue weighted by Gasteiger charge is -2.06. The molecule has 1 aromatic rings. The monoisotopic (exact) mass is 269 g/mol. The zero-order chi connectivity index (χ0) is 13.4. The summed E-state index contributed by atoms with van der Waals surface area (Å²) < 4.78 is 25.8. The Bertz CT molecular complexity index is 471. The van der Waals surface area contributed by atoms with Crippen LogP contribution < -0.4 is 10.5 Å². The summed E-state index contributed by atoms with van der Waals surface area (Å²) in [6.45, 7) is 0.330. The predicted molar refractivity (Wildman–Crippen MR) is 73.1 cm³/mol. The molecule has 0 aliphatic carbocycles. The Labute approximate surface area is 108 Å². The van der Waals surface area contributed by atoms with E-state index in [1.54, 1.807) is 0 Å². The van der Waals surface area contributed by atoms with Gasteiger partial charge in [0, 0.05) is 13.0 Å². The highest BCUT2D eigenvalue weighted by Gasteiger charge is 2.09. The number of hydrogen-bond acceptors (Lipinski definition) is 3. The number of sulfonamides is 1. The van der Waals surface area contributed by atoms with E-state index in [0.29, 0.717) is 25.8 Å². The van der Waals surface area contributed by atoms with Crippen LogP contribution in [0.1, 0.15) is 18.4 Å². The SMILES string of the molecule is N=C(N)CCCNS(=O)(=O)CCc1ccccc1. The van der Waals surface area contributed by atoms with Crippen molar-refractivity contribution in [1.82, 2.24) is 4.72 Å². The molecule has 0 aliphatic heterocycles. The van der Waals surface area contributed by atoms with E-state index in [9.17, 15) is 8.42 Å². The Hall–Kier alpha value is -1.40. The van der Waals surface area contributed by atoms with Crippen LogP contribution in [-0.2, 0) is 16.4 Å². The molecule has 0 aromatic heterocycles. The van der Waals surface area contributed by atoms with Crippen LogP contribution in [0.25, 0.3) is 0 Å². The molecule has 0 radical (unpaired) electrons. The highest BCUT2D eigenvalue weighted by atomic mass is 32.2. The van der Waals surface area contributed by atoms with Crippen molar-refractivity contribution >= 4 is 15.9 Å². The predicted octanol–water partition coefficient (Wildman–Crippen LogP) is 0.865. The van der Waals surface area contributed by atoms with Crippen molar-refractivity contribution < 1.29 is 8.42 Å². The van der Waals surface area contributed by atoms with Crippen LogP contribution in [0.3, 0.4) is 0 Å². The number of benzene rings is 1. The van der Waals surface area contributed by atoms with Gasteiger partial charge in [0.25, 0.3) is 0 Å². The zero-order valence-electron chi connectivity index (χ0n) is 10.2. The van der Waals surface area contributed by atoms with Crippen molar-refractivity contribution in [2.45, 2.75) is 19.3 Å². The van der Waals surface area contributed by atoms with Crippen LogP contribution in [0.2, 0.25) is 0 Å². The number of nitrogens with one attached hydrogen (secondary N) is 2. The first-order chi connectivity index (χ1) is 8.49. The van der Waals surface area contributed by atoms with E-state index in [1.165, 1.54) is 0 Å². The molecule has 0 saturated heterocycles. The highest BCUT2D eigenvalue weighted by Crippen LogP contribution is 2.01. The van der Waals surface area contributed by atoms with Gasteiger partial charge in [-0.25, -0.2) is 13.1 Å². The van der Waals surface area contributed by atoms with E-state index in [1.807, 2.05) is 30.3 Å². The summed E-state index contributed by atoms with van der Waals surface area (Å²) in [6.07, 6.45) is 1.48. The number of nitrogens with two attached hydrogens (primary N) is 1. The van der Waals surface area contributed by atoms with Gasteiger partial charge in [-0.3, -0.25) is 5.41 Å². The molecular weight excluding hydrogens is 250 g/mol. The Balaban J connectivity index is 2.30. The smallest absolute Gasteiger partial charge is 0.211 e. The van der Waals surface area contributed by atoms with Crippen LogP contribution in [-0.4, -0.2) is 26.6 Å². The van der Waals surface area contributed by atoms with Crippen LogP contribution >= 0.6 is 0 Å². The van der Waals surface area contributed by atoms with Crippen LogP contribution in [0.5, 0.6) is 0 Å². The molecule has 0 aliphatic rings. The third kappa shape index (κ3) is 6.36. The van der Waals surface area contributed by atoms with Crippen molar-refractivity contribution in [3.63, 3.8) is 0 Å². The fourth-order valence-electron chi connectivity index (χ4n) is 1.48. The minimum Gasteiger partial charge on any atom is -0.388 e. The Morgan fingerprint density at radius 1 is 1.28 bits per heavy atom. The van der Waals surface area contributed by atoms with Gasteiger partial charge in [-0.1, -0.05) is 30.3 Å². The van der Waals surface area contributed by atoms with Crippen LogP contribution in [0.4, 0.5) is 0 Å². The molecule has 4 N–H and O–H groups in total. The van der Waals surface area contributed by atoms with Crippen LogP contribution in [0.15, 0.2) is 30.3 Å². The minimum atomic E-state index is -3.24. The highest BCUT2D eigenvalue weighted by molar-refractivity contribution is 7.89. The summed E-state index contributed by atoms with van der Waals surface area (Å²) in [5.74, 6) is 0.162. The molecule has 0 spiro atoms. The molecule has 100 valence electrons. The first kappa shape index (κ1) is 14.7.